The van der Waals surface area contributed by atoms with Crippen molar-refractivity contribution in [1.29, 1.82) is 0 Å². The Morgan fingerprint density at radius 3 is 2.95 bits per heavy atom. The minimum Gasteiger partial charge on any atom is -0.399 e. The minimum atomic E-state index is -0.573. The van der Waals surface area contributed by atoms with Crippen molar-refractivity contribution in [2.75, 3.05) is 25.4 Å². The summed E-state index contributed by atoms with van der Waals surface area (Å²) in [6.45, 7) is 3.66. The summed E-state index contributed by atoms with van der Waals surface area (Å²) in [5, 5.41) is 0. The maximum Gasteiger partial charge on any atom is 0.256 e. The lowest BCUT2D eigenvalue weighted by molar-refractivity contribution is 0.0535. The molecule has 1 aromatic carbocycles. The molecule has 1 amide bonds. The third kappa shape index (κ3) is 3.23. The van der Waals surface area contributed by atoms with Crippen LogP contribution in [0.25, 0.3) is 0 Å². The summed E-state index contributed by atoms with van der Waals surface area (Å²) in [5.41, 5.74) is 5.86. The Morgan fingerprint density at radius 2 is 2.37 bits per heavy atom. The largest absolute Gasteiger partial charge is 0.399 e. The van der Waals surface area contributed by atoms with Crippen molar-refractivity contribution >= 4 is 11.6 Å². The highest BCUT2D eigenvalue weighted by molar-refractivity contribution is 5.94. The summed E-state index contributed by atoms with van der Waals surface area (Å²) in [5.74, 6) is -0.883. The number of rotatable bonds is 4. The SMILES string of the molecule is CCN(CC1CCCO1)C(=O)c1ccc(N)cc1F. The zero-order valence-corrected chi connectivity index (χ0v) is 11.1. The van der Waals surface area contributed by atoms with Crippen LogP contribution in [0.4, 0.5) is 10.1 Å². The zero-order valence-electron chi connectivity index (χ0n) is 11.1. The van der Waals surface area contributed by atoms with Crippen LogP contribution in [-0.4, -0.2) is 36.6 Å². The molecule has 2 rings (SSSR count). The number of hydrogen-bond donors (Lipinski definition) is 1. The molecule has 1 aromatic rings. The lowest BCUT2D eigenvalue weighted by Crippen LogP contribution is -2.37. The van der Waals surface area contributed by atoms with Gasteiger partial charge in [-0.1, -0.05) is 0 Å². The summed E-state index contributed by atoms with van der Waals surface area (Å²) in [6.07, 6.45) is 2.04. The molecule has 0 saturated carbocycles. The monoisotopic (exact) mass is 266 g/mol. The molecule has 1 aliphatic rings. The van der Waals surface area contributed by atoms with Crippen molar-refractivity contribution < 1.29 is 13.9 Å². The van der Waals surface area contributed by atoms with Crippen LogP contribution in [0.2, 0.25) is 0 Å². The smallest absolute Gasteiger partial charge is 0.256 e. The van der Waals surface area contributed by atoms with E-state index < -0.39 is 5.82 Å². The molecule has 1 fully saturated rings. The van der Waals surface area contributed by atoms with Crippen molar-refractivity contribution in [2.45, 2.75) is 25.9 Å². The third-order valence-corrected chi connectivity index (χ3v) is 3.34. The number of amides is 1. The van der Waals surface area contributed by atoms with Crippen molar-refractivity contribution in [3.8, 4) is 0 Å². The van der Waals surface area contributed by atoms with Crippen molar-refractivity contribution in [1.82, 2.24) is 4.90 Å². The topological polar surface area (TPSA) is 55.6 Å². The van der Waals surface area contributed by atoms with Gasteiger partial charge in [0.15, 0.2) is 0 Å². The molecule has 0 spiro atoms. The van der Waals surface area contributed by atoms with E-state index in [4.69, 9.17) is 10.5 Å². The highest BCUT2D eigenvalue weighted by atomic mass is 19.1. The predicted octanol–water partition coefficient (Wildman–Crippen LogP) is 2.05. The number of benzene rings is 1. The van der Waals surface area contributed by atoms with Crippen molar-refractivity contribution in [3.05, 3.63) is 29.6 Å². The number of carbonyl (C=O) groups is 1. The predicted molar refractivity (Wildman–Crippen MR) is 71.4 cm³/mol. The number of nitrogens with zero attached hydrogens (tertiary/aromatic N) is 1. The summed E-state index contributed by atoms with van der Waals surface area (Å²) >= 11 is 0. The van der Waals surface area contributed by atoms with E-state index >= 15 is 0 Å². The van der Waals surface area contributed by atoms with Gasteiger partial charge >= 0.3 is 0 Å². The van der Waals surface area contributed by atoms with Gasteiger partial charge in [-0.2, -0.15) is 0 Å². The summed E-state index contributed by atoms with van der Waals surface area (Å²) in [7, 11) is 0. The molecule has 1 atom stereocenters. The van der Waals surface area contributed by atoms with E-state index in [0.29, 0.717) is 18.8 Å². The number of carbonyl (C=O) groups excluding carboxylic acids is 1. The molecule has 4 nitrogen and oxygen atoms in total. The van der Waals surface area contributed by atoms with E-state index in [1.807, 2.05) is 6.92 Å². The summed E-state index contributed by atoms with van der Waals surface area (Å²) < 4.78 is 19.3. The van der Waals surface area contributed by atoms with Crippen LogP contribution in [0.15, 0.2) is 18.2 Å². The van der Waals surface area contributed by atoms with Crippen LogP contribution in [0.5, 0.6) is 0 Å². The van der Waals surface area contributed by atoms with E-state index in [-0.39, 0.29) is 17.6 Å². The Balaban J connectivity index is 2.10. The van der Waals surface area contributed by atoms with E-state index in [2.05, 4.69) is 0 Å². The molecule has 1 heterocycles. The van der Waals surface area contributed by atoms with Gasteiger partial charge in [0.2, 0.25) is 0 Å². The number of nitrogen functional groups attached to an aromatic ring is 1. The van der Waals surface area contributed by atoms with Crippen LogP contribution in [0.1, 0.15) is 30.1 Å². The van der Waals surface area contributed by atoms with Crippen molar-refractivity contribution in [3.63, 3.8) is 0 Å². The fraction of sp³-hybridized carbons (Fsp3) is 0.500. The lowest BCUT2D eigenvalue weighted by atomic mass is 10.1. The second-order valence-corrected chi connectivity index (χ2v) is 4.72. The maximum atomic E-state index is 13.8. The fourth-order valence-electron chi connectivity index (χ4n) is 2.26. The summed E-state index contributed by atoms with van der Waals surface area (Å²) in [6, 6.07) is 4.15. The standard InChI is InChI=1S/C14H19FN2O2/c1-2-17(9-11-4-3-7-19-11)14(18)12-6-5-10(16)8-13(12)15/h5-6,8,11H,2-4,7,9,16H2,1H3. The molecule has 0 aromatic heterocycles. The maximum absolute atomic E-state index is 13.8. The number of halogens is 1. The highest BCUT2D eigenvalue weighted by Crippen LogP contribution is 2.17. The normalized spacial score (nSPS) is 18.5. The second-order valence-electron chi connectivity index (χ2n) is 4.72. The quantitative estimate of drug-likeness (QED) is 0.849. The van der Waals surface area contributed by atoms with Gasteiger partial charge in [0.05, 0.1) is 11.7 Å². The van der Waals surface area contributed by atoms with Crippen LogP contribution < -0.4 is 5.73 Å². The van der Waals surface area contributed by atoms with Crippen LogP contribution >= 0.6 is 0 Å². The first kappa shape index (κ1) is 13.8. The molecular weight excluding hydrogens is 247 g/mol. The molecule has 5 heteroatoms. The van der Waals surface area contributed by atoms with E-state index in [0.717, 1.165) is 19.4 Å². The van der Waals surface area contributed by atoms with Crippen LogP contribution in [0, 0.1) is 5.82 Å². The molecule has 0 radical (unpaired) electrons. The molecule has 0 aliphatic carbocycles. The molecule has 1 aliphatic heterocycles. The van der Waals surface area contributed by atoms with Gasteiger partial charge < -0.3 is 15.4 Å². The molecule has 104 valence electrons. The Bertz CT molecular complexity index is 459. The van der Waals surface area contributed by atoms with Crippen molar-refractivity contribution in [2.24, 2.45) is 0 Å². The van der Waals surface area contributed by atoms with E-state index in [1.54, 1.807) is 4.90 Å². The molecule has 19 heavy (non-hydrogen) atoms. The second kappa shape index (κ2) is 6.02. The molecule has 0 bridgehead atoms. The molecule has 2 N–H and O–H groups in total. The summed E-state index contributed by atoms with van der Waals surface area (Å²) in [4.78, 5) is 13.9. The molecule has 1 unspecified atom stereocenters. The van der Waals surface area contributed by atoms with Gasteiger partial charge in [0.25, 0.3) is 5.91 Å². The number of ether oxygens (including phenoxy) is 1. The zero-order chi connectivity index (χ0) is 13.8. The van der Waals surface area contributed by atoms with Crippen LogP contribution in [-0.2, 0) is 4.74 Å². The van der Waals surface area contributed by atoms with Gasteiger partial charge in [-0.15, -0.1) is 0 Å². The molecule has 1 saturated heterocycles. The van der Waals surface area contributed by atoms with Gasteiger partial charge in [0, 0.05) is 25.4 Å². The Morgan fingerprint density at radius 1 is 1.58 bits per heavy atom. The first-order valence-corrected chi connectivity index (χ1v) is 6.57. The van der Waals surface area contributed by atoms with Crippen LogP contribution in [0.3, 0.4) is 0 Å². The Labute approximate surface area is 112 Å². The van der Waals surface area contributed by atoms with Gasteiger partial charge in [-0.25, -0.2) is 4.39 Å². The average molecular weight is 266 g/mol. The number of nitrogens with two attached hydrogens (primary N) is 1. The number of hydrogen-bond acceptors (Lipinski definition) is 3. The van der Waals surface area contributed by atoms with E-state index in [1.165, 1.54) is 18.2 Å². The Kier molecular flexibility index (Phi) is 4.37. The van der Waals surface area contributed by atoms with E-state index in [9.17, 15) is 9.18 Å². The van der Waals surface area contributed by atoms with Gasteiger partial charge in [-0.3, -0.25) is 4.79 Å². The third-order valence-electron chi connectivity index (χ3n) is 3.34. The Hall–Kier alpha value is -1.62. The fourth-order valence-corrected chi connectivity index (χ4v) is 2.26. The average Bonchev–Trinajstić information content (AvgIpc) is 2.88. The first-order valence-electron chi connectivity index (χ1n) is 6.57. The van der Waals surface area contributed by atoms with Gasteiger partial charge in [0.1, 0.15) is 5.82 Å². The number of anilines is 1. The number of likely N-dealkylation sites (N-methyl/N-ethyl adjacent to an activating group) is 1. The first-order chi connectivity index (χ1) is 9.11. The van der Waals surface area contributed by atoms with Gasteiger partial charge in [-0.05, 0) is 38.0 Å². The molecular formula is C14H19FN2O2. The highest BCUT2D eigenvalue weighted by Gasteiger charge is 2.23. The minimum absolute atomic E-state index is 0.0639. The lowest BCUT2D eigenvalue weighted by Gasteiger charge is -2.24.